The van der Waals surface area contributed by atoms with E-state index in [4.69, 9.17) is 0 Å². The molecule has 0 radical (unpaired) electrons. The maximum absolute atomic E-state index is 12.1. The van der Waals surface area contributed by atoms with Gasteiger partial charge in [-0.05, 0) is 48.9 Å². The molecule has 0 spiro atoms. The Balaban J connectivity index is 1.64. The number of amides is 2. The third-order valence-corrected chi connectivity index (χ3v) is 4.32. The largest absolute Gasteiger partial charge is 0.383 e. The smallest absolute Gasteiger partial charge is 0.319 e. The minimum absolute atomic E-state index is 0.208. The first-order valence-electron chi connectivity index (χ1n) is 7.97. The number of hydrogen-bond acceptors (Lipinski definition) is 2. The van der Waals surface area contributed by atoms with E-state index < -0.39 is 5.60 Å². The molecule has 120 valence electrons. The fourth-order valence-electron chi connectivity index (χ4n) is 2.88. The zero-order valence-corrected chi connectivity index (χ0v) is 13.3. The van der Waals surface area contributed by atoms with Crippen molar-refractivity contribution in [1.29, 1.82) is 0 Å². The first-order valence-corrected chi connectivity index (χ1v) is 7.97. The summed E-state index contributed by atoms with van der Waals surface area (Å²) in [7, 11) is 0. The maximum Gasteiger partial charge on any atom is 0.319 e. The van der Waals surface area contributed by atoms with Gasteiger partial charge in [-0.2, -0.15) is 0 Å². The Morgan fingerprint density at radius 1 is 1.17 bits per heavy atom. The topological polar surface area (TPSA) is 61.4 Å². The second-order valence-electron chi connectivity index (χ2n) is 6.24. The van der Waals surface area contributed by atoms with Crippen LogP contribution in [0.1, 0.15) is 24.0 Å². The van der Waals surface area contributed by atoms with Crippen molar-refractivity contribution in [3.63, 3.8) is 0 Å². The lowest BCUT2D eigenvalue weighted by Gasteiger charge is -2.29. The van der Waals surface area contributed by atoms with Crippen LogP contribution in [0.4, 0.5) is 10.5 Å². The zero-order valence-electron chi connectivity index (χ0n) is 13.3. The van der Waals surface area contributed by atoms with Crippen LogP contribution in [0.3, 0.4) is 0 Å². The van der Waals surface area contributed by atoms with E-state index in [0.717, 1.165) is 29.7 Å². The number of carbonyl (C=O) groups excluding carboxylic acids is 1. The second-order valence-corrected chi connectivity index (χ2v) is 6.24. The molecule has 2 aromatic carbocycles. The summed E-state index contributed by atoms with van der Waals surface area (Å²) in [5.74, 6) is 0.212. The summed E-state index contributed by atoms with van der Waals surface area (Å²) in [4.78, 5) is 12.1. The molecule has 0 aliphatic heterocycles. The van der Waals surface area contributed by atoms with Crippen molar-refractivity contribution in [2.24, 2.45) is 5.92 Å². The van der Waals surface area contributed by atoms with Crippen LogP contribution in [0.25, 0.3) is 0 Å². The second kappa shape index (κ2) is 6.42. The number of hydrogen-bond donors (Lipinski definition) is 3. The standard InChI is InChI=1S/C19H22N2O2/c1-14-6-5-9-17(12-14)21-18(22)20-13-19(23,16-10-11-16)15-7-3-2-4-8-15/h2-9,12,16,23H,10-11,13H2,1H3,(H2,20,21,22). The number of aryl methyl sites for hydroxylation is 1. The number of aliphatic hydroxyl groups is 1. The highest BCUT2D eigenvalue weighted by Crippen LogP contribution is 2.45. The van der Waals surface area contributed by atoms with Gasteiger partial charge in [-0.25, -0.2) is 4.79 Å². The SMILES string of the molecule is Cc1cccc(NC(=O)NCC(O)(c2ccccc2)C2CC2)c1. The van der Waals surface area contributed by atoms with Gasteiger partial charge in [-0.1, -0.05) is 42.5 Å². The molecule has 0 heterocycles. The molecular weight excluding hydrogens is 288 g/mol. The Labute approximate surface area is 136 Å². The summed E-state index contributed by atoms with van der Waals surface area (Å²) in [6.45, 7) is 2.18. The van der Waals surface area contributed by atoms with E-state index in [1.54, 1.807) is 0 Å². The van der Waals surface area contributed by atoms with Gasteiger partial charge in [-0.15, -0.1) is 0 Å². The van der Waals surface area contributed by atoms with Gasteiger partial charge >= 0.3 is 6.03 Å². The van der Waals surface area contributed by atoms with Gasteiger partial charge in [0.1, 0.15) is 5.60 Å². The summed E-state index contributed by atoms with van der Waals surface area (Å²) in [6.07, 6.45) is 1.99. The highest BCUT2D eigenvalue weighted by molar-refractivity contribution is 5.89. The molecule has 4 nitrogen and oxygen atoms in total. The lowest BCUT2D eigenvalue weighted by Crippen LogP contribution is -2.43. The maximum atomic E-state index is 12.1. The fourth-order valence-corrected chi connectivity index (χ4v) is 2.88. The molecule has 1 aliphatic rings. The average molecular weight is 310 g/mol. The average Bonchev–Trinajstić information content (AvgIpc) is 3.39. The van der Waals surface area contributed by atoms with Gasteiger partial charge < -0.3 is 15.7 Å². The van der Waals surface area contributed by atoms with Crippen LogP contribution >= 0.6 is 0 Å². The molecule has 1 fully saturated rings. The number of nitrogens with one attached hydrogen (secondary N) is 2. The van der Waals surface area contributed by atoms with Crippen LogP contribution in [0.5, 0.6) is 0 Å². The van der Waals surface area contributed by atoms with E-state index in [1.807, 2.05) is 61.5 Å². The Morgan fingerprint density at radius 2 is 1.91 bits per heavy atom. The van der Waals surface area contributed by atoms with Crippen LogP contribution in [0.15, 0.2) is 54.6 Å². The highest BCUT2D eigenvalue weighted by Gasteiger charge is 2.45. The summed E-state index contributed by atoms with van der Waals surface area (Å²) in [6, 6.07) is 16.9. The number of rotatable bonds is 5. The van der Waals surface area contributed by atoms with E-state index in [0.29, 0.717) is 0 Å². The van der Waals surface area contributed by atoms with Gasteiger partial charge in [0.15, 0.2) is 0 Å². The number of anilines is 1. The molecular formula is C19H22N2O2. The van der Waals surface area contributed by atoms with Crippen molar-refractivity contribution in [3.8, 4) is 0 Å². The Kier molecular flexibility index (Phi) is 4.35. The number of benzene rings is 2. The molecule has 0 aromatic heterocycles. The predicted octanol–water partition coefficient (Wildman–Crippen LogP) is 3.41. The lowest BCUT2D eigenvalue weighted by molar-refractivity contribution is 0.0164. The van der Waals surface area contributed by atoms with Crippen LogP contribution < -0.4 is 10.6 Å². The molecule has 23 heavy (non-hydrogen) atoms. The number of urea groups is 1. The normalized spacial score (nSPS) is 16.4. The van der Waals surface area contributed by atoms with E-state index in [2.05, 4.69) is 10.6 Å². The predicted molar refractivity (Wildman–Crippen MR) is 91.3 cm³/mol. The molecule has 1 saturated carbocycles. The Hall–Kier alpha value is -2.33. The van der Waals surface area contributed by atoms with Gasteiger partial charge in [0.25, 0.3) is 0 Å². The molecule has 2 aromatic rings. The van der Waals surface area contributed by atoms with Crippen LogP contribution in [0.2, 0.25) is 0 Å². The van der Waals surface area contributed by atoms with E-state index in [9.17, 15) is 9.90 Å². The molecule has 2 amide bonds. The van der Waals surface area contributed by atoms with Crippen LogP contribution in [0, 0.1) is 12.8 Å². The first kappa shape index (κ1) is 15.6. The minimum Gasteiger partial charge on any atom is -0.383 e. The Morgan fingerprint density at radius 3 is 2.57 bits per heavy atom. The molecule has 4 heteroatoms. The van der Waals surface area contributed by atoms with Crippen molar-refractivity contribution in [1.82, 2.24) is 5.32 Å². The van der Waals surface area contributed by atoms with Crippen molar-refractivity contribution in [2.45, 2.75) is 25.4 Å². The summed E-state index contributed by atoms with van der Waals surface area (Å²) < 4.78 is 0. The van der Waals surface area contributed by atoms with Crippen molar-refractivity contribution in [2.75, 3.05) is 11.9 Å². The van der Waals surface area contributed by atoms with E-state index in [1.165, 1.54) is 0 Å². The zero-order chi connectivity index (χ0) is 16.3. The van der Waals surface area contributed by atoms with E-state index >= 15 is 0 Å². The summed E-state index contributed by atoms with van der Waals surface area (Å²) in [5.41, 5.74) is 1.70. The molecule has 1 unspecified atom stereocenters. The van der Waals surface area contributed by atoms with Crippen molar-refractivity contribution >= 4 is 11.7 Å². The first-order chi connectivity index (χ1) is 11.1. The van der Waals surface area contributed by atoms with Gasteiger partial charge in [0, 0.05) is 5.69 Å². The molecule has 1 aliphatic carbocycles. The minimum atomic E-state index is -0.995. The molecule has 3 N–H and O–H groups in total. The quantitative estimate of drug-likeness (QED) is 0.792. The van der Waals surface area contributed by atoms with Crippen LogP contribution in [-0.2, 0) is 5.60 Å². The monoisotopic (exact) mass is 310 g/mol. The third-order valence-electron chi connectivity index (χ3n) is 4.32. The Bertz CT molecular complexity index is 683. The fraction of sp³-hybridized carbons (Fsp3) is 0.316. The van der Waals surface area contributed by atoms with Gasteiger partial charge in [0.05, 0.1) is 6.54 Å². The molecule has 0 bridgehead atoms. The third kappa shape index (κ3) is 3.71. The van der Waals surface area contributed by atoms with Crippen LogP contribution in [-0.4, -0.2) is 17.7 Å². The lowest BCUT2D eigenvalue weighted by atomic mass is 9.89. The number of carbonyl (C=O) groups is 1. The molecule has 3 rings (SSSR count). The van der Waals surface area contributed by atoms with Gasteiger partial charge in [0.2, 0.25) is 0 Å². The van der Waals surface area contributed by atoms with E-state index in [-0.39, 0.29) is 18.5 Å². The molecule has 0 saturated heterocycles. The van der Waals surface area contributed by atoms with Crippen molar-refractivity contribution < 1.29 is 9.90 Å². The highest BCUT2D eigenvalue weighted by atomic mass is 16.3. The molecule has 1 atom stereocenters. The summed E-state index contributed by atoms with van der Waals surface area (Å²) in [5, 5.41) is 16.7. The summed E-state index contributed by atoms with van der Waals surface area (Å²) >= 11 is 0. The van der Waals surface area contributed by atoms with Gasteiger partial charge in [-0.3, -0.25) is 0 Å². The van der Waals surface area contributed by atoms with Crippen molar-refractivity contribution in [3.05, 3.63) is 65.7 Å².